The van der Waals surface area contributed by atoms with Crippen molar-refractivity contribution in [3.05, 3.63) is 41.8 Å². The second-order valence-electron chi connectivity index (χ2n) is 4.86. The molecule has 1 aliphatic rings. The highest BCUT2D eigenvalue weighted by molar-refractivity contribution is 5.87. The number of carbonyl (C=O) groups is 1. The van der Waals surface area contributed by atoms with Crippen molar-refractivity contribution in [2.24, 2.45) is 0 Å². The Bertz CT molecular complexity index is 674. The van der Waals surface area contributed by atoms with Crippen LogP contribution < -0.4 is 4.74 Å². The molecular formula is C15H14FNO3. The first kappa shape index (κ1) is 12.7. The molecule has 0 saturated heterocycles. The number of hydrogen-bond acceptors (Lipinski definition) is 2. The number of carboxylic acid groups (broad SMARTS) is 1. The van der Waals surface area contributed by atoms with Crippen LogP contribution in [0.2, 0.25) is 0 Å². The first-order valence-corrected chi connectivity index (χ1v) is 6.40. The second-order valence-corrected chi connectivity index (χ2v) is 4.86. The highest BCUT2D eigenvalue weighted by atomic mass is 19.1. The fraction of sp³-hybridized carbons (Fsp3) is 0.267. The topological polar surface area (TPSA) is 51.5 Å². The Hall–Kier alpha value is -2.30. The molecule has 104 valence electrons. The molecule has 0 amide bonds. The largest absolute Gasteiger partial charge is 0.494 e. The minimum Gasteiger partial charge on any atom is -0.494 e. The Morgan fingerprint density at radius 1 is 1.35 bits per heavy atom. The van der Waals surface area contributed by atoms with Gasteiger partial charge in [0, 0.05) is 17.3 Å². The highest BCUT2D eigenvalue weighted by Gasteiger charge is 2.30. The third-order valence-electron chi connectivity index (χ3n) is 3.50. The van der Waals surface area contributed by atoms with Crippen molar-refractivity contribution in [2.75, 3.05) is 7.11 Å². The quantitative estimate of drug-likeness (QED) is 0.931. The normalized spacial score (nSPS) is 14.3. The Labute approximate surface area is 115 Å². The van der Waals surface area contributed by atoms with Crippen LogP contribution in [0.4, 0.5) is 4.39 Å². The molecule has 1 heterocycles. The number of rotatable bonds is 4. The van der Waals surface area contributed by atoms with Gasteiger partial charge in [0.15, 0.2) is 11.6 Å². The van der Waals surface area contributed by atoms with Crippen molar-refractivity contribution in [1.29, 1.82) is 0 Å². The fourth-order valence-electron chi connectivity index (χ4n) is 2.41. The van der Waals surface area contributed by atoms with Gasteiger partial charge in [-0.1, -0.05) is 0 Å². The number of hydrogen-bond donors (Lipinski definition) is 1. The highest BCUT2D eigenvalue weighted by Crippen LogP contribution is 2.40. The van der Waals surface area contributed by atoms with Crippen LogP contribution in [0.15, 0.2) is 30.3 Å². The standard InChI is InChI=1S/C15H14FNO3/c1-20-14-7-2-9(8-11(14)16)12-5-6-13(15(18)19)17(12)10-3-4-10/h2,5-8,10H,3-4H2,1H3,(H,18,19). The summed E-state index contributed by atoms with van der Waals surface area (Å²) in [6, 6.07) is 8.16. The van der Waals surface area contributed by atoms with Gasteiger partial charge in [0.2, 0.25) is 0 Å². The van der Waals surface area contributed by atoms with E-state index in [1.165, 1.54) is 13.2 Å². The van der Waals surface area contributed by atoms with Crippen LogP contribution in [-0.4, -0.2) is 22.8 Å². The molecule has 3 rings (SSSR count). The Balaban J connectivity index is 2.10. The summed E-state index contributed by atoms with van der Waals surface area (Å²) >= 11 is 0. The van der Waals surface area contributed by atoms with E-state index < -0.39 is 11.8 Å². The monoisotopic (exact) mass is 275 g/mol. The zero-order valence-corrected chi connectivity index (χ0v) is 11.0. The van der Waals surface area contributed by atoms with Crippen molar-refractivity contribution in [2.45, 2.75) is 18.9 Å². The predicted molar refractivity (Wildman–Crippen MR) is 71.6 cm³/mol. The van der Waals surface area contributed by atoms with E-state index in [-0.39, 0.29) is 17.5 Å². The van der Waals surface area contributed by atoms with Crippen LogP contribution in [0.3, 0.4) is 0 Å². The summed E-state index contributed by atoms with van der Waals surface area (Å²) in [7, 11) is 1.41. The van der Waals surface area contributed by atoms with Gasteiger partial charge in [-0.25, -0.2) is 9.18 Å². The Morgan fingerprint density at radius 3 is 2.65 bits per heavy atom. The summed E-state index contributed by atoms with van der Waals surface area (Å²) in [5.74, 6) is -1.24. The number of methoxy groups -OCH3 is 1. The number of aromatic carboxylic acids is 1. The van der Waals surface area contributed by atoms with Crippen LogP contribution in [0.5, 0.6) is 5.75 Å². The minimum atomic E-state index is -0.961. The lowest BCUT2D eigenvalue weighted by molar-refractivity contribution is 0.0685. The summed E-state index contributed by atoms with van der Waals surface area (Å²) in [6.45, 7) is 0. The molecule has 1 aromatic heterocycles. The van der Waals surface area contributed by atoms with Gasteiger partial charge in [0.1, 0.15) is 5.69 Å². The van der Waals surface area contributed by atoms with Gasteiger partial charge >= 0.3 is 5.97 Å². The SMILES string of the molecule is COc1ccc(-c2ccc(C(=O)O)n2C2CC2)cc1F. The number of benzene rings is 1. The van der Waals surface area contributed by atoms with Gasteiger partial charge < -0.3 is 14.4 Å². The van der Waals surface area contributed by atoms with E-state index in [0.29, 0.717) is 5.56 Å². The lowest BCUT2D eigenvalue weighted by Crippen LogP contribution is -2.08. The molecule has 4 nitrogen and oxygen atoms in total. The Morgan fingerprint density at radius 2 is 2.10 bits per heavy atom. The number of nitrogens with zero attached hydrogens (tertiary/aromatic N) is 1. The Kier molecular flexibility index (Phi) is 2.97. The number of ether oxygens (including phenoxy) is 1. The van der Waals surface area contributed by atoms with E-state index in [1.807, 2.05) is 0 Å². The molecule has 0 spiro atoms. The molecule has 0 bridgehead atoms. The van der Waals surface area contributed by atoms with Crippen molar-refractivity contribution >= 4 is 5.97 Å². The summed E-state index contributed by atoms with van der Waals surface area (Å²) < 4.78 is 20.5. The number of aromatic nitrogens is 1. The molecule has 1 aromatic carbocycles. The van der Waals surface area contributed by atoms with E-state index >= 15 is 0 Å². The van der Waals surface area contributed by atoms with Gasteiger partial charge in [-0.3, -0.25) is 0 Å². The van der Waals surface area contributed by atoms with Gasteiger partial charge in [0.25, 0.3) is 0 Å². The maximum atomic E-state index is 13.8. The van der Waals surface area contributed by atoms with E-state index in [0.717, 1.165) is 18.5 Å². The average molecular weight is 275 g/mol. The summed E-state index contributed by atoms with van der Waals surface area (Å²) in [4.78, 5) is 11.3. The predicted octanol–water partition coefficient (Wildman–Crippen LogP) is 3.34. The minimum absolute atomic E-state index is 0.178. The van der Waals surface area contributed by atoms with Crippen molar-refractivity contribution in [3.63, 3.8) is 0 Å². The third-order valence-corrected chi connectivity index (χ3v) is 3.50. The van der Waals surface area contributed by atoms with Crippen molar-refractivity contribution in [1.82, 2.24) is 4.57 Å². The average Bonchev–Trinajstić information content (AvgIpc) is 3.16. The maximum absolute atomic E-state index is 13.8. The smallest absolute Gasteiger partial charge is 0.352 e. The van der Waals surface area contributed by atoms with Crippen LogP contribution >= 0.6 is 0 Å². The van der Waals surface area contributed by atoms with Gasteiger partial charge in [-0.05, 0) is 43.2 Å². The molecule has 2 aromatic rings. The molecule has 1 N–H and O–H groups in total. The summed E-state index contributed by atoms with van der Waals surface area (Å²) in [5, 5.41) is 9.22. The van der Waals surface area contributed by atoms with E-state index in [1.54, 1.807) is 28.8 Å². The van der Waals surface area contributed by atoms with E-state index in [9.17, 15) is 14.3 Å². The van der Waals surface area contributed by atoms with Gasteiger partial charge in [-0.2, -0.15) is 0 Å². The molecule has 1 saturated carbocycles. The molecule has 1 fully saturated rings. The van der Waals surface area contributed by atoms with E-state index in [2.05, 4.69) is 0 Å². The lowest BCUT2D eigenvalue weighted by atomic mass is 10.1. The summed E-state index contributed by atoms with van der Waals surface area (Å²) in [5.41, 5.74) is 1.63. The second kappa shape index (κ2) is 4.67. The molecule has 5 heteroatoms. The van der Waals surface area contributed by atoms with Gasteiger partial charge in [-0.15, -0.1) is 0 Å². The van der Waals surface area contributed by atoms with Crippen LogP contribution in [-0.2, 0) is 0 Å². The molecule has 0 unspecified atom stereocenters. The lowest BCUT2D eigenvalue weighted by Gasteiger charge is -2.11. The molecular weight excluding hydrogens is 261 g/mol. The number of carboxylic acids is 1. The number of halogens is 1. The molecule has 0 atom stereocenters. The van der Waals surface area contributed by atoms with Crippen molar-refractivity contribution < 1.29 is 19.0 Å². The van der Waals surface area contributed by atoms with Crippen molar-refractivity contribution in [3.8, 4) is 17.0 Å². The molecule has 0 radical (unpaired) electrons. The van der Waals surface area contributed by atoms with Crippen LogP contribution in [0.1, 0.15) is 29.4 Å². The van der Waals surface area contributed by atoms with Crippen LogP contribution in [0, 0.1) is 5.82 Å². The third kappa shape index (κ3) is 2.05. The first-order valence-electron chi connectivity index (χ1n) is 6.40. The maximum Gasteiger partial charge on any atom is 0.352 e. The first-order chi connectivity index (χ1) is 9.61. The van der Waals surface area contributed by atoms with E-state index in [4.69, 9.17) is 4.74 Å². The fourth-order valence-corrected chi connectivity index (χ4v) is 2.41. The summed E-state index contributed by atoms with van der Waals surface area (Å²) in [6.07, 6.45) is 1.92. The zero-order chi connectivity index (χ0) is 14.3. The zero-order valence-electron chi connectivity index (χ0n) is 11.0. The van der Waals surface area contributed by atoms with Gasteiger partial charge in [0.05, 0.1) is 7.11 Å². The molecule has 20 heavy (non-hydrogen) atoms. The molecule has 0 aliphatic heterocycles. The van der Waals surface area contributed by atoms with Crippen LogP contribution in [0.25, 0.3) is 11.3 Å². The molecule has 1 aliphatic carbocycles.